The normalized spacial score (nSPS) is 16.5. The molecule has 1 aromatic carbocycles. The first-order valence-corrected chi connectivity index (χ1v) is 10.2. The monoisotopic (exact) mass is 505 g/mol. The number of ether oxygens (including phenoxy) is 2. The van der Waals surface area contributed by atoms with Crippen molar-refractivity contribution in [1.82, 2.24) is 5.32 Å². The van der Waals surface area contributed by atoms with Crippen LogP contribution in [0.1, 0.15) is 36.8 Å². The number of hydrogen-bond acceptors (Lipinski definition) is 5. The van der Waals surface area contributed by atoms with Gasteiger partial charge in [-0.15, -0.1) is 0 Å². The standard InChI is InChI=1S/C20H23BrF3N3O4/c1-10-7-12(21)8-11-9-13(17(20(22,23)24)31-16(10)11)18(28)27-14(19(29)30-2)5-3-4-6-15(25)26/h7-9,14,17H,3-6H2,1-2H3,(H3,25,26)(H,27,28)/t14-,17-/m0/s1. The van der Waals surface area contributed by atoms with Crippen molar-refractivity contribution in [3.05, 3.63) is 33.3 Å². The van der Waals surface area contributed by atoms with Gasteiger partial charge in [-0.3, -0.25) is 10.2 Å². The lowest BCUT2D eigenvalue weighted by Crippen LogP contribution is -2.48. The highest BCUT2D eigenvalue weighted by atomic mass is 79.9. The van der Waals surface area contributed by atoms with E-state index in [9.17, 15) is 22.8 Å². The summed E-state index contributed by atoms with van der Waals surface area (Å²) in [5, 5.41) is 9.53. The molecule has 0 spiro atoms. The van der Waals surface area contributed by atoms with E-state index in [1.54, 1.807) is 19.1 Å². The summed E-state index contributed by atoms with van der Waals surface area (Å²) in [7, 11) is 1.12. The van der Waals surface area contributed by atoms with Crippen LogP contribution in [0.15, 0.2) is 22.2 Å². The van der Waals surface area contributed by atoms with Crippen LogP contribution in [0.25, 0.3) is 6.08 Å². The largest absolute Gasteiger partial charge is 0.475 e. The Hall–Kier alpha value is -2.56. The van der Waals surface area contributed by atoms with Gasteiger partial charge >= 0.3 is 12.1 Å². The Morgan fingerprint density at radius 3 is 2.61 bits per heavy atom. The molecule has 170 valence electrons. The van der Waals surface area contributed by atoms with Gasteiger partial charge in [-0.1, -0.05) is 22.4 Å². The minimum Gasteiger partial charge on any atom is -0.475 e. The second-order valence-corrected chi connectivity index (χ2v) is 8.02. The number of fused-ring (bicyclic) bond motifs is 1. The first-order valence-electron chi connectivity index (χ1n) is 9.40. The molecular formula is C20H23BrF3N3O4. The molecular weight excluding hydrogens is 483 g/mol. The van der Waals surface area contributed by atoms with Gasteiger partial charge in [0, 0.05) is 16.5 Å². The fourth-order valence-electron chi connectivity index (χ4n) is 3.17. The van der Waals surface area contributed by atoms with Gasteiger partial charge in [0.05, 0.1) is 18.5 Å². The maximum Gasteiger partial charge on any atom is 0.429 e. The Morgan fingerprint density at radius 1 is 1.35 bits per heavy atom. The van der Waals surface area contributed by atoms with Crippen molar-refractivity contribution in [2.75, 3.05) is 7.11 Å². The van der Waals surface area contributed by atoms with Crippen LogP contribution >= 0.6 is 15.9 Å². The van der Waals surface area contributed by atoms with Crippen molar-refractivity contribution in [1.29, 1.82) is 5.41 Å². The Morgan fingerprint density at radius 2 is 2.03 bits per heavy atom. The zero-order chi connectivity index (χ0) is 23.3. The number of amidine groups is 1. The topological polar surface area (TPSA) is 115 Å². The molecule has 11 heteroatoms. The molecule has 4 N–H and O–H groups in total. The number of unbranched alkanes of at least 4 members (excludes halogenated alkanes) is 1. The molecule has 0 saturated heterocycles. The van der Waals surface area contributed by atoms with E-state index in [1.807, 2.05) is 0 Å². The fraction of sp³-hybridized carbons (Fsp3) is 0.450. The minimum atomic E-state index is -4.84. The van der Waals surface area contributed by atoms with E-state index in [0.717, 1.165) is 13.2 Å². The molecule has 2 rings (SSSR count). The molecule has 2 atom stereocenters. The number of aryl methyl sites for hydroxylation is 1. The zero-order valence-corrected chi connectivity index (χ0v) is 18.5. The molecule has 1 aliphatic heterocycles. The van der Waals surface area contributed by atoms with Crippen molar-refractivity contribution in [2.45, 2.75) is 50.9 Å². The Bertz CT molecular complexity index is 902. The van der Waals surface area contributed by atoms with Gasteiger partial charge in [0.2, 0.25) is 6.10 Å². The van der Waals surface area contributed by atoms with Crippen LogP contribution in [-0.2, 0) is 14.3 Å². The molecule has 0 radical (unpaired) electrons. The Balaban J connectivity index is 2.30. The lowest BCUT2D eigenvalue weighted by Gasteiger charge is -2.30. The third-order valence-electron chi connectivity index (χ3n) is 4.64. The number of nitrogens with one attached hydrogen (secondary N) is 2. The number of nitrogens with two attached hydrogens (primary N) is 1. The summed E-state index contributed by atoms with van der Waals surface area (Å²) in [5.41, 5.74) is 5.42. The first kappa shape index (κ1) is 24.7. The Labute approximate surface area is 185 Å². The number of esters is 1. The molecule has 1 amide bonds. The van der Waals surface area contributed by atoms with E-state index in [0.29, 0.717) is 34.9 Å². The lowest BCUT2D eigenvalue weighted by atomic mass is 9.98. The molecule has 1 heterocycles. The number of amides is 1. The summed E-state index contributed by atoms with van der Waals surface area (Å²) in [6.07, 6.45) is -4.88. The molecule has 0 unspecified atom stereocenters. The van der Waals surface area contributed by atoms with Gasteiger partial charge in [-0.2, -0.15) is 13.2 Å². The van der Waals surface area contributed by atoms with Crippen molar-refractivity contribution in [2.24, 2.45) is 5.73 Å². The highest BCUT2D eigenvalue weighted by molar-refractivity contribution is 9.10. The van der Waals surface area contributed by atoms with Crippen molar-refractivity contribution in [3.8, 4) is 5.75 Å². The maximum atomic E-state index is 13.7. The summed E-state index contributed by atoms with van der Waals surface area (Å²) in [5.74, 6) is -1.84. The van der Waals surface area contributed by atoms with Crippen molar-refractivity contribution in [3.63, 3.8) is 0 Å². The highest BCUT2D eigenvalue weighted by Crippen LogP contribution is 2.40. The van der Waals surface area contributed by atoms with Crippen LogP contribution in [0.2, 0.25) is 0 Å². The quantitative estimate of drug-likeness (QED) is 0.216. The average molecular weight is 506 g/mol. The van der Waals surface area contributed by atoms with Gasteiger partial charge in [0.25, 0.3) is 5.91 Å². The second kappa shape index (κ2) is 10.2. The van der Waals surface area contributed by atoms with Gasteiger partial charge in [-0.25, -0.2) is 4.79 Å². The van der Waals surface area contributed by atoms with E-state index in [4.69, 9.17) is 15.9 Å². The van der Waals surface area contributed by atoms with E-state index in [-0.39, 0.29) is 18.0 Å². The third-order valence-corrected chi connectivity index (χ3v) is 5.09. The molecule has 0 aliphatic carbocycles. The van der Waals surface area contributed by atoms with Crippen LogP contribution in [0, 0.1) is 12.3 Å². The van der Waals surface area contributed by atoms with Gasteiger partial charge in [-0.05, 0) is 43.5 Å². The summed E-state index contributed by atoms with van der Waals surface area (Å²) in [6.45, 7) is 1.60. The number of benzene rings is 1. The molecule has 1 aliphatic rings. The number of halogens is 4. The zero-order valence-electron chi connectivity index (χ0n) is 16.9. The number of rotatable bonds is 8. The van der Waals surface area contributed by atoms with Gasteiger partial charge < -0.3 is 20.5 Å². The fourth-order valence-corrected chi connectivity index (χ4v) is 3.76. The molecule has 0 aromatic heterocycles. The SMILES string of the molecule is COC(=O)[C@H](CCCCC(=N)N)NC(=O)C1=Cc2cc(Br)cc(C)c2O[C@@H]1C(F)(F)F. The van der Waals surface area contributed by atoms with E-state index in [1.165, 1.54) is 0 Å². The van der Waals surface area contributed by atoms with Crippen LogP contribution in [-0.4, -0.2) is 43.1 Å². The maximum absolute atomic E-state index is 13.7. The lowest BCUT2D eigenvalue weighted by molar-refractivity contribution is -0.185. The Kier molecular flexibility index (Phi) is 8.10. The predicted octanol–water partition coefficient (Wildman–Crippen LogP) is 3.62. The molecule has 0 saturated carbocycles. The molecule has 0 fully saturated rings. The minimum absolute atomic E-state index is 0.0173. The number of carbonyl (C=O) groups excluding carboxylic acids is 2. The summed E-state index contributed by atoms with van der Waals surface area (Å²) < 4.78 is 51.5. The van der Waals surface area contributed by atoms with E-state index >= 15 is 0 Å². The second-order valence-electron chi connectivity index (χ2n) is 7.10. The number of carbonyl (C=O) groups is 2. The number of alkyl halides is 3. The molecule has 7 nitrogen and oxygen atoms in total. The number of methoxy groups -OCH3 is 1. The van der Waals surface area contributed by atoms with Crippen LogP contribution in [0.5, 0.6) is 5.75 Å². The van der Waals surface area contributed by atoms with Crippen LogP contribution in [0.3, 0.4) is 0 Å². The molecule has 1 aromatic rings. The van der Waals surface area contributed by atoms with Crippen LogP contribution in [0.4, 0.5) is 13.2 Å². The summed E-state index contributed by atoms with van der Waals surface area (Å²) in [4.78, 5) is 24.8. The smallest absolute Gasteiger partial charge is 0.429 e. The number of hydrogen-bond donors (Lipinski definition) is 3. The predicted molar refractivity (Wildman–Crippen MR) is 112 cm³/mol. The highest BCUT2D eigenvalue weighted by Gasteiger charge is 2.48. The average Bonchev–Trinajstić information content (AvgIpc) is 2.67. The molecule has 31 heavy (non-hydrogen) atoms. The van der Waals surface area contributed by atoms with Gasteiger partial charge in [0.1, 0.15) is 11.8 Å². The first-order chi connectivity index (χ1) is 14.4. The van der Waals surface area contributed by atoms with E-state index in [2.05, 4.69) is 26.0 Å². The molecule has 0 bridgehead atoms. The van der Waals surface area contributed by atoms with Gasteiger partial charge in [0.15, 0.2) is 0 Å². The summed E-state index contributed by atoms with van der Waals surface area (Å²) >= 11 is 3.27. The van der Waals surface area contributed by atoms with Crippen molar-refractivity contribution < 1.29 is 32.2 Å². The van der Waals surface area contributed by atoms with E-state index < -0.39 is 35.8 Å². The van der Waals surface area contributed by atoms with Crippen LogP contribution < -0.4 is 15.8 Å². The summed E-state index contributed by atoms with van der Waals surface area (Å²) in [6, 6.07) is 2.01. The third kappa shape index (κ3) is 6.46. The van der Waals surface area contributed by atoms with Crippen molar-refractivity contribution >= 4 is 39.7 Å².